The van der Waals surface area contributed by atoms with Crippen LogP contribution in [-0.4, -0.2) is 66.9 Å². The number of amides is 1. The first-order chi connectivity index (χ1) is 18.4. The zero-order valence-electron chi connectivity index (χ0n) is 21.0. The van der Waals surface area contributed by atoms with Crippen LogP contribution < -0.4 is 25.4 Å². The van der Waals surface area contributed by atoms with Crippen LogP contribution in [0.5, 0.6) is 11.5 Å². The number of aromatic nitrogens is 3. The molecular formula is C26H28Cl2N6O4. The summed E-state index contributed by atoms with van der Waals surface area (Å²) < 4.78 is 16.4. The number of nitrogens with zero attached hydrogens (tertiary/aromatic N) is 3. The van der Waals surface area contributed by atoms with Crippen LogP contribution in [0.25, 0.3) is 22.2 Å². The van der Waals surface area contributed by atoms with Gasteiger partial charge in [-0.15, -0.1) is 0 Å². The van der Waals surface area contributed by atoms with Crippen LogP contribution in [0.15, 0.2) is 31.0 Å². The normalized spacial score (nSPS) is 18.7. The van der Waals surface area contributed by atoms with E-state index in [4.69, 9.17) is 47.4 Å². The molecule has 1 aromatic carbocycles. The molecule has 0 spiro atoms. The molecule has 1 amide bonds. The maximum Gasteiger partial charge on any atom is 0.243 e. The highest BCUT2D eigenvalue weighted by Gasteiger charge is 2.30. The lowest BCUT2D eigenvalue weighted by molar-refractivity contribution is -0.117. The predicted molar refractivity (Wildman–Crippen MR) is 147 cm³/mol. The number of hydrogen-bond acceptors (Lipinski definition) is 9. The number of methoxy groups -OCH3 is 2. The van der Waals surface area contributed by atoms with E-state index >= 15 is 0 Å². The number of anilines is 2. The molecule has 5 rings (SSSR count). The fourth-order valence-electron chi connectivity index (χ4n) is 4.28. The monoisotopic (exact) mass is 558 g/mol. The highest BCUT2D eigenvalue weighted by atomic mass is 35.5. The molecule has 2 atom stereocenters. The van der Waals surface area contributed by atoms with E-state index in [0.29, 0.717) is 69.2 Å². The molecule has 12 heteroatoms. The molecule has 2 aromatic heterocycles. The largest absolute Gasteiger partial charge is 0.495 e. The molecule has 3 heterocycles. The first kappa shape index (κ1) is 26.3. The molecule has 3 aromatic rings. The van der Waals surface area contributed by atoms with Crippen LogP contribution in [0.1, 0.15) is 12.8 Å². The Morgan fingerprint density at radius 2 is 1.84 bits per heavy atom. The molecule has 2 fully saturated rings. The first-order valence-corrected chi connectivity index (χ1v) is 13.0. The molecule has 1 aliphatic heterocycles. The smallest absolute Gasteiger partial charge is 0.243 e. The summed E-state index contributed by atoms with van der Waals surface area (Å²) in [6, 6.07) is 3.03. The lowest BCUT2D eigenvalue weighted by Crippen LogP contribution is -2.45. The molecule has 1 saturated heterocycles. The van der Waals surface area contributed by atoms with E-state index in [1.54, 1.807) is 12.3 Å². The average molecular weight is 559 g/mol. The molecule has 3 N–H and O–H groups in total. The number of nitrogens with one attached hydrogen (secondary N) is 3. The summed E-state index contributed by atoms with van der Waals surface area (Å²) in [5.41, 5.74) is 1.66. The van der Waals surface area contributed by atoms with E-state index in [-0.39, 0.29) is 18.0 Å². The summed E-state index contributed by atoms with van der Waals surface area (Å²) in [5, 5.41) is 11.0. The number of ether oxygens (including phenoxy) is 3. The van der Waals surface area contributed by atoms with Gasteiger partial charge < -0.3 is 30.2 Å². The number of carbonyl (C=O) groups is 1. The third-order valence-electron chi connectivity index (χ3n) is 6.56. The van der Waals surface area contributed by atoms with Gasteiger partial charge in [-0.05, 0) is 30.9 Å². The van der Waals surface area contributed by atoms with Crippen molar-refractivity contribution >= 4 is 51.8 Å². The second-order valence-corrected chi connectivity index (χ2v) is 9.96. The Bertz CT molecular complexity index is 1360. The van der Waals surface area contributed by atoms with Crippen LogP contribution in [0, 0.1) is 5.92 Å². The lowest BCUT2D eigenvalue weighted by atomic mass is 10.1. The maximum absolute atomic E-state index is 11.8. The van der Waals surface area contributed by atoms with Crippen molar-refractivity contribution in [2.24, 2.45) is 5.92 Å². The highest BCUT2D eigenvalue weighted by molar-refractivity contribution is 6.41. The molecular weight excluding hydrogens is 531 g/mol. The quantitative estimate of drug-likeness (QED) is 0.312. The molecule has 1 saturated carbocycles. The number of benzene rings is 1. The van der Waals surface area contributed by atoms with E-state index in [0.717, 1.165) is 11.9 Å². The van der Waals surface area contributed by atoms with Crippen LogP contribution in [0.4, 0.5) is 11.8 Å². The standard InChI is InChI=1S/C26H28Cl2N6O4/c1-4-20(35)31-16-11-38-12-17(16)33-26-30-10-14-7-15(32-25(24(14)34-26)29-9-13-5-6-13)21-22(27)18(36-2)8-19(37-3)23(21)28/h4,7-8,10,13,16-17H,1,5-6,9,11-12H2,2-3H3,(H,29,32)(H,31,35)(H,30,33,34)/t16-,17+/m0/s1. The van der Waals surface area contributed by atoms with Crippen molar-refractivity contribution in [1.29, 1.82) is 0 Å². The fourth-order valence-corrected chi connectivity index (χ4v) is 4.97. The summed E-state index contributed by atoms with van der Waals surface area (Å²) in [4.78, 5) is 26.0. The second-order valence-electron chi connectivity index (χ2n) is 9.20. The Kier molecular flexibility index (Phi) is 7.73. The van der Waals surface area contributed by atoms with Gasteiger partial charge in [-0.25, -0.2) is 15.0 Å². The van der Waals surface area contributed by atoms with Crippen LogP contribution >= 0.6 is 23.2 Å². The van der Waals surface area contributed by atoms with E-state index < -0.39 is 0 Å². The SMILES string of the molecule is C=CC(=O)N[C@H]1COC[C@H]1Nc1ncc2cc(-c3c(Cl)c(OC)cc(OC)c3Cl)nc(NCC3CC3)c2n1. The van der Waals surface area contributed by atoms with Gasteiger partial charge in [0.25, 0.3) is 0 Å². The maximum atomic E-state index is 11.8. The number of halogens is 2. The lowest BCUT2D eigenvalue weighted by Gasteiger charge is -2.20. The van der Waals surface area contributed by atoms with Gasteiger partial charge in [0, 0.05) is 29.8 Å². The number of pyridine rings is 1. The van der Waals surface area contributed by atoms with E-state index in [1.807, 2.05) is 6.07 Å². The minimum Gasteiger partial charge on any atom is -0.495 e. The zero-order chi connectivity index (χ0) is 26.8. The molecule has 2 aliphatic rings. The number of fused-ring (bicyclic) bond motifs is 1. The van der Waals surface area contributed by atoms with Crippen LogP contribution in [-0.2, 0) is 9.53 Å². The Morgan fingerprint density at radius 1 is 1.13 bits per heavy atom. The van der Waals surface area contributed by atoms with Crippen LogP contribution in [0.2, 0.25) is 10.0 Å². The van der Waals surface area contributed by atoms with Crippen molar-refractivity contribution in [2.45, 2.75) is 24.9 Å². The summed E-state index contributed by atoms with van der Waals surface area (Å²) in [5.74, 6) is 2.16. The van der Waals surface area contributed by atoms with Crippen molar-refractivity contribution in [3.63, 3.8) is 0 Å². The molecule has 38 heavy (non-hydrogen) atoms. The van der Waals surface area contributed by atoms with Crippen molar-refractivity contribution in [3.05, 3.63) is 41.0 Å². The van der Waals surface area contributed by atoms with Gasteiger partial charge in [-0.2, -0.15) is 0 Å². The number of carbonyl (C=O) groups excluding carboxylic acids is 1. The molecule has 0 radical (unpaired) electrons. The van der Waals surface area contributed by atoms with Crippen molar-refractivity contribution in [2.75, 3.05) is 44.6 Å². The van der Waals surface area contributed by atoms with Crippen LogP contribution in [0.3, 0.4) is 0 Å². The topological polar surface area (TPSA) is 120 Å². The summed E-state index contributed by atoms with van der Waals surface area (Å²) >= 11 is 13.4. The van der Waals surface area contributed by atoms with Crippen molar-refractivity contribution < 1.29 is 19.0 Å². The molecule has 1 aliphatic carbocycles. The summed E-state index contributed by atoms with van der Waals surface area (Å²) in [7, 11) is 3.06. The van der Waals surface area contributed by atoms with Gasteiger partial charge in [0.1, 0.15) is 17.0 Å². The predicted octanol–water partition coefficient (Wildman–Crippen LogP) is 4.32. The van der Waals surface area contributed by atoms with Gasteiger partial charge in [0.05, 0.1) is 55.3 Å². The van der Waals surface area contributed by atoms with Gasteiger partial charge in [0.15, 0.2) is 5.82 Å². The number of hydrogen-bond donors (Lipinski definition) is 3. The molecule has 200 valence electrons. The van der Waals surface area contributed by atoms with E-state index in [2.05, 4.69) is 27.5 Å². The van der Waals surface area contributed by atoms with Gasteiger partial charge >= 0.3 is 0 Å². The van der Waals surface area contributed by atoms with E-state index in [9.17, 15) is 4.79 Å². The minimum atomic E-state index is -0.262. The molecule has 0 unspecified atom stereocenters. The van der Waals surface area contributed by atoms with Crippen molar-refractivity contribution in [3.8, 4) is 22.8 Å². The Balaban J connectivity index is 1.54. The van der Waals surface area contributed by atoms with E-state index in [1.165, 1.54) is 33.1 Å². The Morgan fingerprint density at radius 3 is 2.50 bits per heavy atom. The van der Waals surface area contributed by atoms with Gasteiger partial charge in [0.2, 0.25) is 11.9 Å². The summed E-state index contributed by atoms with van der Waals surface area (Å²) in [6.07, 6.45) is 5.30. The number of rotatable bonds is 10. The Hall–Kier alpha value is -3.34. The Labute approximate surface area is 230 Å². The highest BCUT2D eigenvalue weighted by Crippen LogP contribution is 2.46. The second kappa shape index (κ2) is 11.2. The summed E-state index contributed by atoms with van der Waals surface area (Å²) in [6.45, 7) is 5.07. The first-order valence-electron chi connectivity index (χ1n) is 12.2. The third-order valence-corrected chi connectivity index (χ3v) is 7.31. The zero-order valence-corrected chi connectivity index (χ0v) is 22.5. The molecule has 10 nitrogen and oxygen atoms in total. The van der Waals surface area contributed by atoms with Gasteiger partial charge in [-0.1, -0.05) is 29.8 Å². The average Bonchev–Trinajstić information content (AvgIpc) is 3.66. The molecule has 0 bridgehead atoms. The van der Waals surface area contributed by atoms with Gasteiger partial charge in [-0.3, -0.25) is 4.79 Å². The van der Waals surface area contributed by atoms with Crippen molar-refractivity contribution in [1.82, 2.24) is 20.3 Å². The minimum absolute atomic E-state index is 0.201. The fraction of sp³-hybridized carbons (Fsp3) is 0.385. The third kappa shape index (κ3) is 5.43.